The number of nitrogens with zero attached hydrogens (tertiary/aromatic N) is 3. The lowest BCUT2D eigenvalue weighted by Gasteiger charge is -2.23. The first kappa shape index (κ1) is 19.9. The van der Waals surface area contributed by atoms with Crippen LogP contribution >= 0.6 is 28.3 Å². The van der Waals surface area contributed by atoms with Gasteiger partial charge in [-0.1, -0.05) is 33.3 Å². The van der Waals surface area contributed by atoms with Crippen LogP contribution < -0.4 is 10.6 Å². The smallest absolute Gasteiger partial charge is 0.274 e. The molecule has 1 fully saturated rings. The SMILES string of the molecule is Cc1c(C(=O)NC(C)c2ccc(Br)cc2)nnn1C1CCNCC1.Cl. The van der Waals surface area contributed by atoms with E-state index in [1.54, 1.807) is 0 Å². The molecule has 0 radical (unpaired) electrons. The van der Waals surface area contributed by atoms with Crippen LogP contribution in [0.5, 0.6) is 0 Å². The molecule has 1 aromatic carbocycles. The zero-order valence-corrected chi connectivity index (χ0v) is 16.7. The van der Waals surface area contributed by atoms with Crippen molar-refractivity contribution in [1.82, 2.24) is 25.6 Å². The topological polar surface area (TPSA) is 71.8 Å². The summed E-state index contributed by atoms with van der Waals surface area (Å²) in [5.41, 5.74) is 2.30. The molecule has 1 aliphatic heterocycles. The van der Waals surface area contributed by atoms with Crippen LogP contribution in [0.25, 0.3) is 0 Å². The Morgan fingerprint density at radius 1 is 1.32 bits per heavy atom. The molecule has 2 N–H and O–H groups in total. The zero-order valence-electron chi connectivity index (χ0n) is 14.3. The van der Waals surface area contributed by atoms with Crippen molar-refractivity contribution >= 4 is 34.2 Å². The fourth-order valence-electron chi connectivity index (χ4n) is 3.05. The second-order valence-corrected chi connectivity index (χ2v) is 7.11. The lowest BCUT2D eigenvalue weighted by atomic mass is 10.1. The van der Waals surface area contributed by atoms with E-state index in [4.69, 9.17) is 0 Å². The van der Waals surface area contributed by atoms with E-state index < -0.39 is 0 Å². The Hall–Kier alpha value is -1.44. The maximum Gasteiger partial charge on any atom is 0.274 e. The van der Waals surface area contributed by atoms with Gasteiger partial charge in [0.25, 0.3) is 5.91 Å². The first-order chi connectivity index (χ1) is 11.6. The van der Waals surface area contributed by atoms with Gasteiger partial charge in [0.15, 0.2) is 5.69 Å². The molecule has 1 atom stereocenters. The highest BCUT2D eigenvalue weighted by Gasteiger charge is 2.23. The Kier molecular flexibility index (Phi) is 6.98. The highest BCUT2D eigenvalue weighted by atomic mass is 79.9. The number of piperidine rings is 1. The number of carbonyl (C=O) groups excluding carboxylic acids is 1. The Labute approximate surface area is 162 Å². The quantitative estimate of drug-likeness (QED) is 0.784. The maximum atomic E-state index is 12.6. The van der Waals surface area contributed by atoms with E-state index in [1.807, 2.05) is 42.8 Å². The van der Waals surface area contributed by atoms with Gasteiger partial charge in [0.1, 0.15) is 0 Å². The molecule has 3 rings (SSSR count). The van der Waals surface area contributed by atoms with Crippen molar-refractivity contribution in [2.45, 2.75) is 38.8 Å². The number of benzene rings is 1. The van der Waals surface area contributed by atoms with E-state index in [0.717, 1.165) is 41.7 Å². The standard InChI is InChI=1S/C17H22BrN5O.ClH/c1-11(13-3-5-14(18)6-4-13)20-17(24)16-12(2)23(22-21-16)15-7-9-19-10-8-15;/h3-6,11,15,19H,7-10H2,1-2H3,(H,20,24);1H. The second-order valence-electron chi connectivity index (χ2n) is 6.20. The van der Waals surface area contributed by atoms with E-state index in [2.05, 4.69) is 36.9 Å². The van der Waals surface area contributed by atoms with Gasteiger partial charge in [-0.2, -0.15) is 0 Å². The van der Waals surface area contributed by atoms with Crippen molar-refractivity contribution in [2.75, 3.05) is 13.1 Å². The molecule has 6 nitrogen and oxygen atoms in total. The fraction of sp³-hybridized carbons (Fsp3) is 0.471. The molecule has 0 spiro atoms. The van der Waals surface area contributed by atoms with Gasteiger partial charge in [0.2, 0.25) is 0 Å². The highest BCUT2D eigenvalue weighted by molar-refractivity contribution is 9.10. The highest BCUT2D eigenvalue weighted by Crippen LogP contribution is 2.21. The molecule has 2 heterocycles. The summed E-state index contributed by atoms with van der Waals surface area (Å²) in [7, 11) is 0. The normalized spacial score (nSPS) is 16.1. The molecule has 2 aromatic rings. The number of nitrogens with one attached hydrogen (secondary N) is 2. The number of aromatic nitrogens is 3. The van der Waals surface area contributed by atoms with Crippen molar-refractivity contribution in [3.05, 3.63) is 45.7 Å². The van der Waals surface area contributed by atoms with Crippen LogP contribution in [-0.4, -0.2) is 34.0 Å². The Balaban J connectivity index is 0.00000225. The lowest BCUT2D eigenvalue weighted by molar-refractivity contribution is 0.0934. The molecule has 1 saturated heterocycles. The minimum atomic E-state index is -0.178. The Bertz CT molecular complexity index is 712. The number of hydrogen-bond donors (Lipinski definition) is 2. The van der Waals surface area contributed by atoms with Gasteiger partial charge < -0.3 is 10.6 Å². The van der Waals surface area contributed by atoms with Crippen LogP contribution in [0.3, 0.4) is 0 Å². The molecule has 25 heavy (non-hydrogen) atoms. The van der Waals surface area contributed by atoms with Crippen molar-refractivity contribution < 1.29 is 4.79 Å². The molecule has 0 aliphatic carbocycles. The summed E-state index contributed by atoms with van der Waals surface area (Å²) < 4.78 is 2.92. The molecule has 8 heteroatoms. The number of carbonyl (C=O) groups is 1. The summed E-state index contributed by atoms with van der Waals surface area (Å²) >= 11 is 3.42. The molecule has 1 unspecified atom stereocenters. The third-order valence-corrected chi connectivity index (χ3v) is 5.04. The van der Waals surface area contributed by atoms with Crippen LogP contribution in [0.4, 0.5) is 0 Å². The third kappa shape index (κ3) is 4.59. The van der Waals surface area contributed by atoms with Gasteiger partial charge >= 0.3 is 0 Å². The van der Waals surface area contributed by atoms with E-state index in [-0.39, 0.29) is 24.4 Å². The number of amides is 1. The van der Waals surface area contributed by atoms with E-state index in [9.17, 15) is 4.79 Å². The predicted octanol–water partition coefficient (Wildman–Crippen LogP) is 3.19. The van der Waals surface area contributed by atoms with Gasteiger partial charge in [0.05, 0.1) is 17.8 Å². The lowest BCUT2D eigenvalue weighted by Crippen LogP contribution is -2.31. The van der Waals surface area contributed by atoms with Crippen LogP contribution in [0.2, 0.25) is 0 Å². The fourth-order valence-corrected chi connectivity index (χ4v) is 3.31. The van der Waals surface area contributed by atoms with Crippen LogP contribution in [0, 0.1) is 6.92 Å². The van der Waals surface area contributed by atoms with Gasteiger partial charge in [-0.15, -0.1) is 17.5 Å². The third-order valence-electron chi connectivity index (χ3n) is 4.51. The molecule has 136 valence electrons. The molecule has 1 aromatic heterocycles. The summed E-state index contributed by atoms with van der Waals surface area (Å²) in [5.74, 6) is -0.178. The monoisotopic (exact) mass is 427 g/mol. The second kappa shape index (κ2) is 8.78. The largest absolute Gasteiger partial charge is 0.344 e. The minimum Gasteiger partial charge on any atom is -0.344 e. The molecule has 0 bridgehead atoms. The molecule has 1 amide bonds. The van der Waals surface area contributed by atoms with Gasteiger partial charge in [-0.3, -0.25) is 4.79 Å². The molecular formula is C17H23BrClN5O. The van der Waals surface area contributed by atoms with Crippen molar-refractivity contribution in [3.8, 4) is 0 Å². The van der Waals surface area contributed by atoms with Crippen molar-refractivity contribution in [1.29, 1.82) is 0 Å². The first-order valence-corrected chi connectivity index (χ1v) is 9.04. The van der Waals surface area contributed by atoms with Crippen molar-refractivity contribution in [3.63, 3.8) is 0 Å². The Morgan fingerprint density at radius 2 is 1.96 bits per heavy atom. The van der Waals surface area contributed by atoms with Gasteiger partial charge in [-0.05, 0) is 57.5 Å². The summed E-state index contributed by atoms with van der Waals surface area (Å²) in [5, 5.41) is 14.7. The van der Waals surface area contributed by atoms with Gasteiger partial charge in [-0.25, -0.2) is 4.68 Å². The first-order valence-electron chi connectivity index (χ1n) is 8.25. The summed E-state index contributed by atoms with van der Waals surface area (Å²) in [6.07, 6.45) is 2.03. The van der Waals surface area contributed by atoms with Crippen molar-refractivity contribution in [2.24, 2.45) is 0 Å². The van der Waals surface area contributed by atoms with Gasteiger partial charge in [0, 0.05) is 4.47 Å². The van der Waals surface area contributed by atoms with Crippen LogP contribution in [-0.2, 0) is 0 Å². The Morgan fingerprint density at radius 3 is 2.60 bits per heavy atom. The average molecular weight is 429 g/mol. The number of halogens is 2. The predicted molar refractivity (Wildman–Crippen MR) is 103 cm³/mol. The summed E-state index contributed by atoms with van der Waals surface area (Å²) in [6.45, 7) is 5.84. The number of rotatable bonds is 4. The molecule has 0 saturated carbocycles. The maximum absolute atomic E-state index is 12.6. The van der Waals surface area contributed by atoms with Crippen LogP contribution in [0.15, 0.2) is 28.7 Å². The summed E-state index contributed by atoms with van der Waals surface area (Å²) in [4.78, 5) is 12.6. The van der Waals surface area contributed by atoms with E-state index >= 15 is 0 Å². The summed E-state index contributed by atoms with van der Waals surface area (Å²) in [6, 6.07) is 8.16. The number of hydrogen-bond acceptors (Lipinski definition) is 4. The van der Waals surface area contributed by atoms with E-state index in [1.165, 1.54) is 0 Å². The van der Waals surface area contributed by atoms with Crippen LogP contribution in [0.1, 0.15) is 53.6 Å². The molecular weight excluding hydrogens is 406 g/mol. The zero-order chi connectivity index (χ0) is 17.1. The van der Waals surface area contributed by atoms with E-state index in [0.29, 0.717) is 11.7 Å². The minimum absolute atomic E-state index is 0. The molecule has 1 aliphatic rings. The average Bonchev–Trinajstić information content (AvgIpc) is 2.98.